The van der Waals surface area contributed by atoms with E-state index in [1.807, 2.05) is 12.1 Å². The number of benzene rings is 1. The van der Waals surface area contributed by atoms with Gasteiger partial charge in [-0.2, -0.15) is 0 Å². The van der Waals surface area contributed by atoms with Gasteiger partial charge in [0, 0.05) is 18.0 Å². The van der Waals surface area contributed by atoms with Crippen molar-refractivity contribution in [2.45, 2.75) is 6.61 Å². The second-order valence-electron chi connectivity index (χ2n) is 4.26. The average molecular weight is 269 g/mol. The van der Waals surface area contributed by atoms with E-state index in [-0.39, 0.29) is 5.75 Å². The second kappa shape index (κ2) is 5.05. The van der Waals surface area contributed by atoms with E-state index in [2.05, 4.69) is 4.98 Å². The van der Waals surface area contributed by atoms with E-state index < -0.39 is 5.63 Å². The lowest BCUT2D eigenvalue weighted by Gasteiger charge is -2.07. The zero-order valence-electron chi connectivity index (χ0n) is 10.4. The Labute approximate surface area is 114 Å². The molecule has 20 heavy (non-hydrogen) atoms. The zero-order chi connectivity index (χ0) is 13.9. The van der Waals surface area contributed by atoms with Gasteiger partial charge in [0.25, 0.3) is 0 Å². The van der Waals surface area contributed by atoms with Crippen LogP contribution in [0, 0.1) is 0 Å². The van der Waals surface area contributed by atoms with Gasteiger partial charge in [-0.3, -0.25) is 4.98 Å². The average Bonchev–Trinajstić information content (AvgIpc) is 2.46. The molecule has 0 unspecified atom stereocenters. The van der Waals surface area contributed by atoms with Crippen LogP contribution >= 0.6 is 0 Å². The van der Waals surface area contributed by atoms with Crippen molar-refractivity contribution in [2.75, 3.05) is 0 Å². The summed E-state index contributed by atoms with van der Waals surface area (Å²) in [6.07, 6.45) is 3.41. The van der Waals surface area contributed by atoms with Gasteiger partial charge in [0.15, 0.2) is 0 Å². The molecule has 2 aromatic heterocycles. The topological polar surface area (TPSA) is 72.6 Å². The Morgan fingerprint density at radius 1 is 1.25 bits per heavy atom. The van der Waals surface area contributed by atoms with E-state index in [9.17, 15) is 9.90 Å². The third-order valence-electron chi connectivity index (χ3n) is 2.82. The summed E-state index contributed by atoms with van der Waals surface area (Å²) in [5.74, 6) is 0.452. The first-order valence-corrected chi connectivity index (χ1v) is 6.01. The quantitative estimate of drug-likeness (QED) is 0.739. The van der Waals surface area contributed by atoms with Gasteiger partial charge in [0.05, 0.1) is 11.5 Å². The zero-order valence-corrected chi connectivity index (χ0v) is 10.4. The summed E-state index contributed by atoms with van der Waals surface area (Å²) >= 11 is 0. The standard InChI is InChI=1S/C15H11NO4/c17-13-7-15(18)20-14-4-3-11(6-12(13)14)19-9-10-2-1-5-16-8-10/h1-8,17H,9H2. The van der Waals surface area contributed by atoms with Crippen molar-refractivity contribution in [2.24, 2.45) is 0 Å². The highest BCUT2D eigenvalue weighted by atomic mass is 16.5. The van der Waals surface area contributed by atoms with Gasteiger partial charge >= 0.3 is 5.63 Å². The number of fused-ring (bicyclic) bond motifs is 1. The Hall–Kier alpha value is -2.82. The van der Waals surface area contributed by atoms with E-state index in [0.29, 0.717) is 23.3 Å². The molecule has 0 spiro atoms. The number of pyridine rings is 1. The summed E-state index contributed by atoms with van der Waals surface area (Å²) in [5.41, 5.74) is 0.680. The van der Waals surface area contributed by atoms with E-state index in [4.69, 9.17) is 9.15 Å². The van der Waals surface area contributed by atoms with E-state index >= 15 is 0 Å². The van der Waals surface area contributed by atoms with Crippen LogP contribution in [0.1, 0.15) is 5.56 Å². The number of rotatable bonds is 3. The Bertz CT molecular complexity index is 796. The lowest BCUT2D eigenvalue weighted by atomic mass is 10.2. The molecule has 0 aliphatic heterocycles. The summed E-state index contributed by atoms with van der Waals surface area (Å²) in [4.78, 5) is 15.1. The number of hydrogen-bond donors (Lipinski definition) is 1. The SMILES string of the molecule is O=c1cc(O)c2cc(OCc3cccnc3)ccc2o1. The van der Waals surface area contributed by atoms with Gasteiger partial charge in [0.1, 0.15) is 23.7 Å². The Kier molecular flexibility index (Phi) is 3.09. The maximum atomic E-state index is 11.1. The molecule has 3 rings (SSSR count). The van der Waals surface area contributed by atoms with Crippen LogP contribution in [-0.4, -0.2) is 10.1 Å². The van der Waals surface area contributed by atoms with Gasteiger partial charge in [-0.25, -0.2) is 4.79 Å². The van der Waals surface area contributed by atoms with Gasteiger partial charge in [-0.1, -0.05) is 6.07 Å². The normalized spacial score (nSPS) is 10.6. The minimum absolute atomic E-state index is 0.122. The molecule has 0 aliphatic carbocycles. The molecule has 1 aromatic carbocycles. The maximum Gasteiger partial charge on any atom is 0.339 e. The molecule has 1 N–H and O–H groups in total. The van der Waals surface area contributed by atoms with E-state index in [1.54, 1.807) is 30.6 Å². The van der Waals surface area contributed by atoms with Crippen LogP contribution < -0.4 is 10.4 Å². The highest BCUT2D eigenvalue weighted by Crippen LogP contribution is 2.27. The van der Waals surface area contributed by atoms with Crippen molar-refractivity contribution in [3.63, 3.8) is 0 Å². The number of ether oxygens (including phenoxy) is 1. The minimum atomic E-state index is -0.584. The summed E-state index contributed by atoms with van der Waals surface area (Å²) in [6, 6.07) is 9.68. The molecule has 0 amide bonds. The van der Waals surface area contributed by atoms with Crippen LogP contribution in [0.15, 0.2) is 58.0 Å². The Morgan fingerprint density at radius 2 is 2.15 bits per heavy atom. The third-order valence-corrected chi connectivity index (χ3v) is 2.82. The smallest absolute Gasteiger partial charge is 0.339 e. The maximum absolute atomic E-state index is 11.1. The number of hydrogen-bond acceptors (Lipinski definition) is 5. The second-order valence-corrected chi connectivity index (χ2v) is 4.26. The fourth-order valence-electron chi connectivity index (χ4n) is 1.87. The van der Waals surface area contributed by atoms with Crippen LogP contribution in [0.25, 0.3) is 11.0 Å². The first kappa shape index (κ1) is 12.2. The largest absolute Gasteiger partial charge is 0.507 e. The first-order chi connectivity index (χ1) is 9.72. The highest BCUT2D eigenvalue weighted by Gasteiger charge is 2.06. The van der Waals surface area contributed by atoms with Gasteiger partial charge in [-0.05, 0) is 24.3 Å². The molecule has 0 bridgehead atoms. The van der Waals surface area contributed by atoms with Gasteiger partial charge < -0.3 is 14.3 Å². The lowest BCUT2D eigenvalue weighted by Crippen LogP contribution is -1.97. The summed E-state index contributed by atoms with van der Waals surface area (Å²) < 4.78 is 10.6. The van der Waals surface area contributed by atoms with Crippen molar-refractivity contribution in [1.29, 1.82) is 0 Å². The van der Waals surface area contributed by atoms with Crippen molar-refractivity contribution in [3.8, 4) is 11.5 Å². The fourth-order valence-corrected chi connectivity index (χ4v) is 1.87. The molecule has 100 valence electrons. The van der Waals surface area contributed by atoms with Crippen molar-refractivity contribution in [3.05, 3.63) is 64.8 Å². The van der Waals surface area contributed by atoms with E-state index in [0.717, 1.165) is 11.6 Å². The molecule has 0 atom stereocenters. The number of nitrogens with zero attached hydrogens (tertiary/aromatic N) is 1. The van der Waals surface area contributed by atoms with Gasteiger partial charge in [0.2, 0.25) is 0 Å². The van der Waals surface area contributed by atoms with E-state index in [1.165, 1.54) is 0 Å². The molecular formula is C15H11NO4. The van der Waals surface area contributed by atoms with Crippen molar-refractivity contribution >= 4 is 11.0 Å². The predicted molar refractivity (Wildman–Crippen MR) is 72.7 cm³/mol. The summed E-state index contributed by atoms with van der Waals surface area (Å²) in [5, 5.41) is 10.2. The number of aromatic hydroxyl groups is 1. The molecule has 0 aliphatic rings. The van der Waals surface area contributed by atoms with Crippen molar-refractivity contribution < 1.29 is 14.3 Å². The highest BCUT2D eigenvalue weighted by molar-refractivity contribution is 5.84. The minimum Gasteiger partial charge on any atom is -0.507 e. The third kappa shape index (κ3) is 2.47. The molecule has 0 fully saturated rings. The molecule has 0 radical (unpaired) electrons. The molecule has 3 aromatic rings. The Morgan fingerprint density at radius 3 is 2.95 bits per heavy atom. The van der Waals surface area contributed by atoms with Crippen LogP contribution in [0.5, 0.6) is 11.5 Å². The van der Waals surface area contributed by atoms with Crippen LogP contribution in [0.2, 0.25) is 0 Å². The van der Waals surface area contributed by atoms with Crippen LogP contribution in [-0.2, 0) is 6.61 Å². The predicted octanol–water partition coefficient (Wildman–Crippen LogP) is 2.47. The van der Waals surface area contributed by atoms with Gasteiger partial charge in [-0.15, -0.1) is 0 Å². The Balaban J connectivity index is 1.88. The fraction of sp³-hybridized carbons (Fsp3) is 0.0667. The molecule has 2 heterocycles. The van der Waals surface area contributed by atoms with Crippen molar-refractivity contribution in [1.82, 2.24) is 4.98 Å². The van der Waals surface area contributed by atoms with Crippen LogP contribution in [0.4, 0.5) is 0 Å². The molecule has 0 saturated carbocycles. The molecular weight excluding hydrogens is 258 g/mol. The molecule has 5 nitrogen and oxygen atoms in total. The van der Waals surface area contributed by atoms with Crippen LogP contribution in [0.3, 0.4) is 0 Å². The molecule has 5 heteroatoms. The summed E-state index contributed by atoms with van der Waals surface area (Å²) in [7, 11) is 0. The summed E-state index contributed by atoms with van der Waals surface area (Å²) in [6.45, 7) is 0.372. The monoisotopic (exact) mass is 269 g/mol. The number of aromatic nitrogens is 1. The lowest BCUT2D eigenvalue weighted by molar-refractivity contribution is 0.306. The molecule has 0 saturated heterocycles. The first-order valence-electron chi connectivity index (χ1n) is 6.01.